The lowest BCUT2D eigenvalue weighted by atomic mass is 10.0. The molecule has 1 atom stereocenters. The third kappa shape index (κ3) is 4.72. The Hall–Kier alpha value is -2.11. The van der Waals surface area contributed by atoms with Gasteiger partial charge in [-0.25, -0.2) is 4.79 Å². The van der Waals surface area contributed by atoms with Gasteiger partial charge in [0.1, 0.15) is 6.04 Å². The maximum atomic E-state index is 12.0. The summed E-state index contributed by atoms with van der Waals surface area (Å²) in [7, 11) is 3.18. The largest absolute Gasteiger partial charge is 0.467 e. The van der Waals surface area contributed by atoms with Gasteiger partial charge in [-0.15, -0.1) is 0 Å². The van der Waals surface area contributed by atoms with Crippen molar-refractivity contribution in [2.45, 2.75) is 40.2 Å². The van der Waals surface area contributed by atoms with E-state index in [1.54, 1.807) is 10.8 Å². The van der Waals surface area contributed by atoms with Crippen LogP contribution < -0.4 is 5.32 Å². The number of ether oxygens (including phenoxy) is 1. The van der Waals surface area contributed by atoms with Crippen molar-refractivity contribution in [3.05, 3.63) is 23.0 Å². The second kappa shape index (κ2) is 7.77. The number of carbonyl (C=O) groups is 2. The third-order valence-corrected chi connectivity index (χ3v) is 3.48. The monoisotopic (exact) mass is 307 g/mol. The van der Waals surface area contributed by atoms with E-state index in [1.165, 1.54) is 13.2 Å². The molecule has 1 heterocycles. The topological polar surface area (TPSA) is 73.2 Å². The molecule has 0 fully saturated rings. The highest BCUT2D eigenvalue weighted by molar-refractivity contribution is 5.94. The van der Waals surface area contributed by atoms with E-state index >= 15 is 0 Å². The van der Waals surface area contributed by atoms with E-state index in [0.717, 1.165) is 17.0 Å². The van der Waals surface area contributed by atoms with E-state index in [4.69, 9.17) is 4.74 Å². The van der Waals surface area contributed by atoms with Crippen LogP contribution in [0.15, 0.2) is 6.08 Å². The molecule has 0 aliphatic rings. The van der Waals surface area contributed by atoms with Crippen molar-refractivity contribution in [1.29, 1.82) is 0 Å². The van der Waals surface area contributed by atoms with Gasteiger partial charge in [0.15, 0.2) is 0 Å². The molecule has 0 bridgehead atoms. The van der Waals surface area contributed by atoms with Gasteiger partial charge in [-0.3, -0.25) is 9.48 Å². The molecule has 0 radical (unpaired) electrons. The van der Waals surface area contributed by atoms with E-state index in [-0.39, 0.29) is 11.8 Å². The minimum absolute atomic E-state index is 0.274. The smallest absolute Gasteiger partial charge is 0.328 e. The molecule has 6 nitrogen and oxygen atoms in total. The zero-order chi connectivity index (χ0) is 16.9. The maximum absolute atomic E-state index is 12.0. The Labute approximate surface area is 131 Å². The summed E-state index contributed by atoms with van der Waals surface area (Å²) in [6, 6.07) is -0.627. The van der Waals surface area contributed by atoms with Crippen LogP contribution in [0.4, 0.5) is 0 Å². The minimum atomic E-state index is -0.627. The highest BCUT2D eigenvalue weighted by Gasteiger charge is 2.21. The summed E-state index contributed by atoms with van der Waals surface area (Å²) >= 11 is 0. The first-order chi connectivity index (χ1) is 10.3. The summed E-state index contributed by atoms with van der Waals surface area (Å²) in [5, 5.41) is 6.98. The van der Waals surface area contributed by atoms with Crippen molar-refractivity contribution in [1.82, 2.24) is 15.1 Å². The Morgan fingerprint density at radius 1 is 1.36 bits per heavy atom. The third-order valence-electron chi connectivity index (χ3n) is 3.48. The molecule has 1 amide bonds. The predicted octanol–water partition coefficient (Wildman–Crippen LogP) is 1.75. The van der Waals surface area contributed by atoms with Gasteiger partial charge >= 0.3 is 5.97 Å². The first-order valence-electron chi connectivity index (χ1n) is 7.32. The predicted molar refractivity (Wildman–Crippen MR) is 85.1 cm³/mol. The Kier molecular flexibility index (Phi) is 6.34. The Balaban J connectivity index is 2.78. The number of amides is 1. The highest BCUT2D eigenvalue weighted by Crippen LogP contribution is 2.13. The van der Waals surface area contributed by atoms with Gasteiger partial charge < -0.3 is 10.1 Å². The lowest BCUT2D eigenvalue weighted by Gasteiger charge is -2.17. The number of nitrogens with zero attached hydrogens (tertiary/aromatic N) is 2. The van der Waals surface area contributed by atoms with Gasteiger partial charge in [-0.2, -0.15) is 5.10 Å². The number of rotatable bonds is 6. The van der Waals surface area contributed by atoms with Crippen LogP contribution in [0.5, 0.6) is 0 Å². The number of nitrogens with one attached hydrogen (secondary N) is 1. The van der Waals surface area contributed by atoms with Crippen molar-refractivity contribution in [2.75, 3.05) is 7.11 Å². The van der Waals surface area contributed by atoms with Crippen molar-refractivity contribution >= 4 is 18.0 Å². The van der Waals surface area contributed by atoms with Crippen LogP contribution in [0, 0.1) is 19.8 Å². The zero-order valence-electron chi connectivity index (χ0n) is 14.1. The molecule has 0 spiro atoms. The molecule has 0 aromatic carbocycles. The van der Waals surface area contributed by atoms with Crippen LogP contribution in [0.3, 0.4) is 0 Å². The molecular formula is C16H25N3O3. The van der Waals surface area contributed by atoms with Gasteiger partial charge in [0, 0.05) is 24.4 Å². The molecule has 0 saturated heterocycles. The second-order valence-corrected chi connectivity index (χ2v) is 5.76. The molecule has 1 aromatic heterocycles. The number of methoxy groups -OCH3 is 1. The lowest BCUT2D eigenvalue weighted by molar-refractivity contribution is -0.145. The van der Waals surface area contributed by atoms with Crippen molar-refractivity contribution in [2.24, 2.45) is 13.0 Å². The van der Waals surface area contributed by atoms with E-state index in [2.05, 4.69) is 10.4 Å². The average molecular weight is 307 g/mol. The molecule has 0 aliphatic carbocycles. The Bertz CT molecular complexity index is 573. The molecule has 6 heteroatoms. The zero-order valence-corrected chi connectivity index (χ0v) is 14.1. The number of esters is 1. The summed E-state index contributed by atoms with van der Waals surface area (Å²) in [6.07, 6.45) is 3.68. The minimum Gasteiger partial charge on any atom is -0.467 e. The SMILES string of the molecule is COC(=O)[C@@H](CC(C)C)NC(=O)/C=C/c1c(C)nn(C)c1C. The quantitative estimate of drug-likeness (QED) is 0.642. The van der Waals surface area contributed by atoms with E-state index in [9.17, 15) is 9.59 Å². The van der Waals surface area contributed by atoms with Gasteiger partial charge in [-0.05, 0) is 32.3 Å². The molecule has 1 aromatic rings. The van der Waals surface area contributed by atoms with Crippen molar-refractivity contribution in [3.63, 3.8) is 0 Å². The average Bonchev–Trinajstić information content (AvgIpc) is 2.68. The van der Waals surface area contributed by atoms with Crippen LogP contribution in [-0.4, -0.2) is 34.8 Å². The Morgan fingerprint density at radius 2 is 2.00 bits per heavy atom. The summed E-state index contributed by atoms with van der Waals surface area (Å²) < 4.78 is 6.49. The van der Waals surface area contributed by atoms with E-state index in [0.29, 0.717) is 6.42 Å². The van der Waals surface area contributed by atoms with Crippen LogP contribution in [-0.2, 0) is 21.4 Å². The van der Waals surface area contributed by atoms with E-state index in [1.807, 2.05) is 34.7 Å². The maximum Gasteiger partial charge on any atom is 0.328 e. The molecule has 122 valence electrons. The van der Waals surface area contributed by atoms with Crippen LogP contribution in [0.25, 0.3) is 6.08 Å². The Morgan fingerprint density at radius 3 is 2.45 bits per heavy atom. The van der Waals surface area contributed by atoms with E-state index < -0.39 is 12.0 Å². The molecule has 0 unspecified atom stereocenters. The number of hydrogen-bond acceptors (Lipinski definition) is 4. The number of carbonyl (C=O) groups excluding carboxylic acids is 2. The number of aromatic nitrogens is 2. The van der Waals surface area contributed by atoms with Gasteiger partial charge in [0.25, 0.3) is 0 Å². The fourth-order valence-electron chi connectivity index (χ4n) is 2.24. The van der Waals surface area contributed by atoms with Crippen molar-refractivity contribution < 1.29 is 14.3 Å². The fraction of sp³-hybridized carbons (Fsp3) is 0.562. The van der Waals surface area contributed by atoms with Crippen LogP contribution in [0.1, 0.15) is 37.2 Å². The normalized spacial score (nSPS) is 12.7. The molecule has 1 rings (SSSR count). The lowest BCUT2D eigenvalue weighted by Crippen LogP contribution is -2.41. The molecule has 1 N–H and O–H groups in total. The van der Waals surface area contributed by atoms with Gasteiger partial charge in [0.2, 0.25) is 5.91 Å². The van der Waals surface area contributed by atoms with Crippen LogP contribution >= 0.6 is 0 Å². The van der Waals surface area contributed by atoms with Gasteiger partial charge in [-0.1, -0.05) is 13.8 Å². The number of aryl methyl sites for hydroxylation is 2. The number of hydrogen-bond donors (Lipinski definition) is 1. The standard InChI is InChI=1S/C16H25N3O3/c1-10(2)9-14(16(21)22-6)17-15(20)8-7-13-11(3)18-19(5)12(13)4/h7-8,10,14H,9H2,1-6H3,(H,17,20)/b8-7+/t14-/m1/s1. The molecular weight excluding hydrogens is 282 g/mol. The molecule has 22 heavy (non-hydrogen) atoms. The summed E-state index contributed by atoms with van der Waals surface area (Å²) in [4.78, 5) is 23.7. The fourth-order valence-corrected chi connectivity index (χ4v) is 2.24. The second-order valence-electron chi connectivity index (χ2n) is 5.76. The summed E-state index contributed by atoms with van der Waals surface area (Å²) in [5.74, 6) is -0.473. The van der Waals surface area contributed by atoms with Crippen LogP contribution in [0.2, 0.25) is 0 Å². The summed E-state index contributed by atoms with van der Waals surface area (Å²) in [6.45, 7) is 7.80. The first-order valence-corrected chi connectivity index (χ1v) is 7.32. The summed E-state index contributed by atoms with van der Waals surface area (Å²) in [5.41, 5.74) is 2.75. The van der Waals surface area contributed by atoms with Gasteiger partial charge in [0.05, 0.1) is 12.8 Å². The van der Waals surface area contributed by atoms with Crippen molar-refractivity contribution in [3.8, 4) is 0 Å². The molecule has 0 aliphatic heterocycles. The molecule has 0 saturated carbocycles. The first kappa shape index (κ1) is 17.9. The highest BCUT2D eigenvalue weighted by atomic mass is 16.5.